The number of amides is 1. The van der Waals surface area contributed by atoms with Crippen LogP contribution in [0.25, 0.3) is 11.3 Å². The molecule has 0 saturated carbocycles. The first-order valence-electron chi connectivity index (χ1n) is 6.80. The molecule has 7 nitrogen and oxygen atoms in total. The molecule has 0 aliphatic carbocycles. The Bertz CT molecular complexity index is 791. The molecule has 0 saturated heterocycles. The Morgan fingerprint density at radius 1 is 1.32 bits per heavy atom. The first-order chi connectivity index (χ1) is 10.6. The van der Waals surface area contributed by atoms with Crippen LogP contribution >= 0.6 is 0 Å². The van der Waals surface area contributed by atoms with Gasteiger partial charge in [-0.15, -0.1) is 0 Å². The molecule has 1 N–H and O–H groups in total. The zero-order chi connectivity index (χ0) is 15.5. The van der Waals surface area contributed by atoms with Gasteiger partial charge in [0.15, 0.2) is 5.82 Å². The second-order valence-electron chi connectivity index (χ2n) is 4.82. The van der Waals surface area contributed by atoms with E-state index in [2.05, 4.69) is 20.6 Å². The summed E-state index contributed by atoms with van der Waals surface area (Å²) < 4.78 is 6.51. The number of hydrogen-bond donors (Lipinski definition) is 1. The van der Waals surface area contributed by atoms with E-state index in [0.29, 0.717) is 17.4 Å². The topological polar surface area (TPSA) is 85.8 Å². The van der Waals surface area contributed by atoms with Crippen molar-refractivity contribution in [2.24, 2.45) is 7.05 Å². The van der Waals surface area contributed by atoms with Gasteiger partial charge in [-0.25, -0.2) is 0 Å². The van der Waals surface area contributed by atoms with Crippen LogP contribution in [-0.4, -0.2) is 25.8 Å². The van der Waals surface area contributed by atoms with Gasteiger partial charge in [0.05, 0.1) is 12.2 Å². The zero-order valence-electron chi connectivity index (χ0n) is 12.3. The molecule has 0 fully saturated rings. The van der Waals surface area contributed by atoms with Crippen molar-refractivity contribution in [1.29, 1.82) is 0 Å². The summed E-state index contributed by atoms with van der Waals surface area (Å²) in [4.78, 5) is 16.3. The monoisotopic (exact) mass is 297 g/mol. The standard InChI is InChI=1S/C15H15N5O2/c1-10-17-14(22-19-10)9-16-15(21)13-8-12(18-20(13)2)11-6-4-3-5-7-11/h3-8H,9H2,1-2H3,(H,16,21). The number of carbonyl (C=O) groups excluding carboxylic acids is 1. The van der Waals surface area contributed by atoms with Crippen LogP contribution in [-0.2, 0) is 13.6 Å². The minimum Gasteiger partial charge on any atom is -0.342 e. The van der Waals surface area contributed by atoms with Crippen LogP contribution in [0.4, 0.5) is 0 Å². The summed E-state index contributed by atoms with van der Waals surface area (Å²) in [5.74, 6) is 0.667. The Balaban J connectivity index is 1.74. The number of nitrogens with one attached hydrogen (secondary N) is 1. The predicted molar refractivity (Wildman–Crippen MR) is 78.8 cm³/mol. The quantitative estimate of drug-likeness (QED) is 0.792. The van der Waals surface area contributed by atoms with Crippen LogP contribution in [0.1, 0.15) is 22.2 Å². The summed E-state index contributed by atoms with van der Waals surface area (Å²) in [6.07, 6.45) is 0. The largest absolute Gasteiger partial charge is 0.342 e. The van der Waals surface area contributed by atoms with Gasteiger partial charge in [-0.2, -0.15) is 10.1 Å². The van der Waals surface area contributed by atoms with E-state index in [1.54, 1.807) is 24.7 Å². The molecule has 0 aliphatic heterocycles. The average molecular weight is 297 g/mol. The van der Waals surface area contributed by atoms with Crippen LogP contribution in [0.5, 0.6) is 0 Å². The molecule has 22 heavy (non-hydrogen) atoms. The second kappa shape index (κ2) is 5.80. The molecule has 0 radical (unpaired) electrons. The maximum Gasteiger partial charge on any atom is 0.269 e. The fourth-order valence-corrected chi connectivity index (χ4v) is 2.09. The van der Waals surface area contributed by atoms with E-state index in [1.807, 2.05) is 30.3 Å². The van der Waals surface area contributed by atoms with Crippen molar-refractivity contribution in [2.45, 2.75) is 13.5 Å². The first kappa shape index (κ1) is 14.0. The zero-order valence-corrected chi connectivity index (χ0v) is 12.3. The Labute approximate surface area is 127 Å². The van der Waals surface area contributed by atoms with Gasteiger partial charge in [0, 0.05) is 12.6 Å². The summed E-state index contributed by atoms with van der Waals surface area (Å²) in [6, 6.07) is 11.5. The maximum atomic E-state index is 12.2. The van der Waals surface area contributed by atoms with Crippen molar-refractivity contribution < 1.29 is 9.32 Å². The van der Waals surface area contributed by atoms with Gasteiger partial charge >= 0.3 is 0 Å². The van der Waals surface area contributed by atoms with Crippen molar-refractivity contribution in [3.63, 3.8) is 0 Å². The molecular weight excluding hydrogens is 282 g/mol. The highest BCUT2D eigenvalue weighted by atomic mass is 16.5. The smallest absolute Gasteiger partial charge is 0.269 e. The molecule has 112 valence electrons. The van der Waals surface area contributed by atoms with Crippen molar-refractivity contribution in [3.8, 4) is 11.3 Å². The second-order valence-corrected chi connectivity index (χ2v) is 4.82. The lowest BCUT2D eigenvalue weighted by molar-refractivity contribution is 0.0937. The van der Waals surface area contributed by atoms with Crippen LogP contribution in [0.2, 0.25) is 0 Å². The van der Waals surface area contributed by atoms with Gasteiger partial charge in [-0.05, 0) is 13.0 Å². The van der Waals surface area contributed by atoms with E-state index in [9.17, 15) is 4.79 Å². The molecule has 1 aromatic carbocycles. The summed E-state index contributed by atoms with van der Waals surface area (Å²) in [5.41, 5.74) is 2.18. The molecule has 0 bridgehead atoms. The highest BCUT2D eigenvalue weighted by Crippen LogP contribution is 2.18. The van der Waals surface area contributed by atoms with E-state index in [-0.39, 0.29) is 12.5 Å². The van der Waals surface area contributed by atoms with Crippen LogP contribution in [0.3, 0.4) is 0 Å². The number of aryl methyl sites for hydroxylation is 2. The molecular formula is C15H15N5O2. The summed E-state index contributed by atoms with van der Waals surface area (Å²) >= 11 is 0. The minimum atomic E-state index is -0.243. The number of benzene rings is 1. The Kier molecular flexibility index (Phi) is 3.69. The Morgan fingerprint density at radius 3 is 2.77 bits per heavy atom. The van der Waals surface area contributed by atoms with Gasteiger partial charge in [-0.3, -0.25) is 9.48 Å². The van der Waals surface area contributed by atoms with E-state index in [4.69, 9.17) is 4.52 Å². The predicted octanol–water partition coefficient (Wildman–Crippen LogP) is 1.71. The third kappa shape index (κ3) is 2.88. The molecule has 0 unspecified atom stereocenters. The Morgan fingerprint density at radius 2 is 2.09 bits per heavy atom. The minimum absolute atomic E-state index is 0.186. The molecule has 0 spiro atoms. The van der Waals surface area contributed by atoms with Gasteiger partial charge in [0.25, 0.3) is 5.91 Å². The van der Waals surface area contributed by atoms with E-state index >= 15 is 0 Å². The summed E-state index contributed by atoms with van der Waals surface area (Å²) in [6.45, 7) is 1.91. The van der Waals surface area contributed by atoms with Crippen LogP contribution in [0, 0.1) is 6.92 Å². The van der Waals surface area contributed by atoms with Gasteiger partial charge in [-0.1, -0.05) is 35.5 Å². The van der Waals surface area contributed by atoms with Crippen molar-refractivity contribution >= 4 is 5.91 Å². The normalized spacial score (nSPS) is 10.6. The van der Waals surface area contributed by atoms with Crippen LogP contribution in [0.15, 0.2) is 40.9 Å². The number of nitrogens with zero attached hydrogens (tertiary/aromatic N) is 4. The lowest BCUT2D eigenvalue weighted by Crippen LogP contribution is -2.25. The number of aromatic nitrogens is 4. The molecule has 0 aliphatic rings. The van der Waals surface area contributed by atoms with Crippen molar-refractivity contribution in [1.82, 2.24) is 25.2 Å². The fraction of sp³-hybridized carbons (Fsp3) is 0.200. The third-order valence-electron chi connectivity index (χ3n) is 3.15. The molecule has 0 atom stereocenters. The van der Waals surface area contributed by atoms with Gasteiger partial charge in [0.2, 0.25) is 5.89 Å². The van der Waals surface area contributed by atoms with Crippen LogP contribution < -0.4 is 5.32 Å². The lowest BCUT2D eigenvalue weighted by atomic mass is 10.1. The van der Waals surface area contributed by atoms with E-state index < -0.39 is 0 Å². The number of rotatable bonds is 4. The van der Waals surface area contributed by atoms with Gasteiger partial charge < -0.3 is 9.84 Å². The molecule has 3 aromatic rings. The average Bonchev–Trinajstić information content (AvgIpc) is 3.12. The van der Waals surface area contributed by atoms with E-state index in [0.717, 1.165) is 11.3 Å². The first-order valence-corrected chi connectivity index (χ1v) is 6.80. The van der Waals surface area contributed by atoms with Gasteiger partial charge in [0.1, 0.15) is 5.69 Å². The Hall–Kier alpha value is -2.96. The summed E-state index contributed by atoms with van der Waals surface area (Å²) in [7, 11) is 1.73. The molecule has 7 heteroatoms. The van der Waals surface area contributed by atoms with Crippen molar-refractivity contribution in [3.05, 3.63) is 53.8 Å². The molecule has 3 rings (SSSR count). The molecule has 2 aromatic heterocycles. The highest BCUT2D eigenvalue weighted by Gasteiger charge is 2.15. The fourth-order valence-electron chi connectivity index (χ4n) is 2.09. The summed E-state index contributed by atoms with van der Waals surface area (Å²) in [5, 5.41) is 10.8. The molecule has 2 heterocycles. The lowest BCUT2D eigenvalue weighted by Gasteiger charge is -2.01. The third-order valence-corrected chi connectivity index (χ3v) is 3.15. The van der Waals surface area contributed by atoms with Crippen molar-refractivity contribution in [2.75, 3.05) is 0 Å². The number of carbonyl (C=O) groups is 1. The number of hydrogen-bond acceptors (Lipinski definition) is 5. The maximum absolute atomic E-state index is 12.2. The molecule has 1 amide bonds. The highest BCUT2D eigenvalue weighted by molar-refractivity contribution is 5.93. The SMILES string of the molecule is Cc1noc(CNC(=O)c2cc(-c3ccccc3)nn2C)n1. The van der Waals surface area contributed by atoms with E-state index in [1.165, 1.54) is 0 Å².